The van der Waals surface area contributed by atoms with Crippen LogP contribution in [0.5, 0.6) is 0 Å². The van der Waals surface area contributed by atoms with Crippen LogP contribution in [-0.4, -0.2) is 27.0 Å². The van der Waals surface area contributed by atoms with Gasteiger partial charge in [0.2, 0.25) is 0 Å². The Kier molecular flexibility index (Phi) is 4.33. The lowest BCUT2D eigenvalue weighted by Gasteiger charge is -2.27. The van der Waals surface area contributed by atoms with Gasteiger partial charge in [-0.2, -0.15) is 5.26 Å². The van der Waals surface area contributed by atoms with Crippen molar-refractivity contribution in [3.05, 3.63) is 27.9 Å². The Morgan fingerprint density at radius 2 is 2.14 bits per heavy atom. The highest BCUT2D eigenvalue weighted by Gasteiger charge is 2.26. The van der Waals surface area contributed by atoms with E-state index >= 15 is 0 Å². The lowest BCUT2D eigenvalue weighted by atomic mass is 9.86. The third-order valence-electron chi connectivity index (χ3n) is 3.62. The molecule has 1 aliphatic rings. The number of aliphatic carboxylic acids is 1. The lowest BCUT2D eigenvalue weighted by Crippen LogP contribution is -2.29. The van der Waals surface area contributed by atoms with Gasteiger partial charge in [0.1, 0.15) is 23.6 Å². The van der Waals surface area contributed by atoms with E-state index in [4.69, 9.17) is 10.4 Å². The molecule has 1 aromatic rings. The first-order valence-electron chi connectivity index (χ1n) is 6.55. The molecular weight excluding hydrogens is 276 g/mol. The van der Waals surface area contributed by atoms with Crippen LogP contribution in [0.1, 0.15) is 31.2 Å². The molecule has 0 spiro atoms. The molecule has 1 heterocycles. The number of anilines is 1. The summed E-state index contributed by atoms with van der Waals surface area (Å²) in [6.07, 6.45) is 3.58. The van der Waals surface area contributed by atoms with E-state index in [2.05, 4.69) is 10.3 Å². The van der Waals surface area contributed by atoms with E-state index in [1.165, 1.54) is 6.07 Å². The zero-order chi connectivity index (χ0) is 15.4. The van der Waals surface area contributed by atoms with Crippen LogP contribution >= 0.6 is 0 Å². The van der Waals surface area contributed by atoms with E-state index < -0.39 is 10.9 Å². The summed E-state index contributed by atoms with van der Waals surface area (Å²) in [7, 11) is 0. The van der Waals surface area contributed by atoms with Gasteiger partial charge in [0, 0.05) is 12.1 Å². The molecule has 0 aromatic carbocycles. The number of carboxylic acid groups (broad SMARTS) is 1. The summed E-state index contributed by atoms with van der Waals surface area (Å²) < 4.78 is 0. The average molecular weight is 290 g/mol. The molecule has 0 radical (unpaired) electrons. The first-order chi connectivity index (χ1) is 10.0. The van der Waals surface area contributed by atoms with Crippen molar-refractivity contribution in [2.24, 2.45) is 5.92 Å². The minimum absolute atomic E-state index is 0.0293. The van der Waals surface area contributed by atoms with Crippen LogP contribution in [-0.2, 0) is 4.79 Å². The quantitative estimate of drug-likeness (QED) is 0.640. The van der Waals surface area contributed by atoms with Gasteiger partial charge in [-0.3, -0.25) is 14.9 Å². The Bertz CT molecular complexity index is 603. The van der Waals surface area contributed by atoms with E-state index in [1.54, 1.807) is 0 Å². The predicted octanol–water partition coefficient (Wildman–Crippen LogP) is 1.92. The van der Waals surface area contributed by atoms with Gasteiger partial charge in [0.15, 0.2) is 0 Å². The maximum atomic E-state index is 10.9. The van der Waals surface area contributed by atoms with Crippen molar-refractivity contribution in [3.63, 3.8) is 0 Å². The van der Waals surface area contributed by atoms with Crippen molar-refractivity contribution in [1.29, 1.82) is 5.26 Å². The molecule has 0 unspecified atom stereocenters. The summed E-state index contributed by atoms with van der Waals surface area (Å²) in [6, 6.07) is 3.09. The third-order valence-corrected chi connectivity index (χ3v) is 3.62. The van der Waals surface area contributed by atoms with Gasteiger partial charge in [-0.05, 0) is 25.7 Å². The number of pyridine rings is 1. The number of nitriles is 1. The number of carboxylic acids is 1. The molecule has 1 aliphatic carbocycles. The topological polar surface area (TPSA) is 129 Å². The summed E-state index contributed by atoms with van der Waals surface area (Å²) in [5.74, 6) is -0.787. The van der Waals surface area contributed by atoms with Crippen LogP contribution in [0.15, 0.2) is 12.3 Å². The minimum Gasteiger partial charge on any atom is -0.481 e. The number of nitro groups is 1. The van der Waals surface area contributed by atoms with Gasteiger partial charge < -0.3 is 10.4 Å². The largest absolute Gasteiger partial charge is 0.481 e. The number of carbonyl (C=O) groups is 1. The summed E-state index contributed by atoms with van der Waals surface area (Å²) in [5.41, 5.74) is -0.115. The Morgan fingerprint density at radius 1 is 1.48 bits per heavy atom. The van der Waals surface area contributed by atoms with Crippen LogP contribution in [0.25, 0.3) is 0 Å². The van der Waals surface area contributed by atoms with Gasteiger partial charge in [-0.25, -0.2) is 4.98 Å². The number of aromatic nitrogens is 1. The van der Waals surface area contributed by atoms with Crippen molar-refractivity contribution >= 4 is 17.5 Å². The Balaban J connectivity index is 2.06. The first kappa shape index (κ1) is 14.7. The second-order valence-electron chi connectivity index (χ2n) is 4.99. The predicted molar refractivity (Wildman–Crippen MR) is 72.6 cm³/mol. The van der Waals surface area contributed by atoms with Gasteiger partial charge in [0.25, 0.3) is 5.69 Å². The average Bonchev–Trinajstić information content (AvgIpc) is 2.48. The zero-order valence-corrected chi connectivity index (χ0v) is 11.2. The fourth-order valence-electron chi connectivity index (χ4n) is 2.43. The zero-order valence-electron chi connectivity index (χ0n) is 11.2. The van der Waals surface area contributed by atoms with Crippen molar-refractivity contribution in [2.75, 3.05) is 5.32 Å². The number of nitrogens with zero attached hydrogens (tertiary/aromatic N) is 3. The highest BCUT2D eigenvalue weighted by atomic mass is 16.6. The summed E-state index contributed by atoms with van der Waals surface area (Å²) >= 11 is 0. The van der Waals surface area contributed by atoms with Crippen LogP contribution in [0.4, 0.5) is 11.5 Å². The molecule has 21 heavy (non-hydrogen) atoms. The van der Waals surface area contributed by atoms with Gasteiger partial charge in [-0.1, -0.05) is 0 Å². The van der Waals surface area contributed by atoms with E-state index in [9.17, 15) is 14.9 Å². The maximum Gasteiger partial charge on any atom is 0.306 e. The van der Waals surface area contributed by atoms with Gasteiger partial charge >= 0.3 is 5.97 Å². The normalized spacial score (nSPS) is 21.3. The lowest BCUT2D eigenvalue weighted by molar-refractivity contribution is -0.385. The fourth-order valence-corrected chi connectivity index (χ4v) is 2.43. The second-order valence-corrected chi connectivity index (χ2v) is 4.99. The Hall–Kier alpha value is -2.69. The highest BCUT2D eigenvalue weighted by molar-refractivity contribution is 5.70. The van der Waals surface area contributed by atoms with Crippen molar-refractivity contribution in [3.8, 4) is 6.07 Å². The monoisotopic (exact) mass is 290 g/mol. The second kappa shape index (κ2) is 6.17. The number of hydrogen-bond acceptors (Lipinski definition) is 6. The fraction of sp³-hybridized carbons (Fsp3) is 0.462. The van der Waals surface area contributed by atoms with Gasteiger partial charge in [0.05, 0.1) is 10.8 Å². The van der Waals surface area contributed by atoms with Crippen LogP contribution in [0.3, 0.4) is 0 Å². The van der Waals surface area contributed by atoms with Crippen molar-refractivity contribution in [2.45, 2.75) is 31.7 Å². The molecular formula is C13H14N4O4. The molecule has 1 fully saturated rings. The third kappa shape index (κ3) is 3.45. The van der Waals surface area contributed by atoms with E-state index in [0.717, 1.165) is 6.20 Å². The van der Waals surface area contributed by atoms with Crippen molar-refractivity contribution in [1.82, 2.24) is 4.98 Å². The highest BCUT2D eigenvalue weighted by Crippen LogP contribution is 2.27. The van der Waals surface area contributed by atoms with E-state index in [1.807, 2.05) is 6.07 Å². The van der Waals surface area contributed by atoms with Crippen LogP contribution in [0.2, 0.25) is 0 Å². The van der Waals surface area contributed by atoms with Crippen LogP contribution < -0.4 is 5.32 Å². The summed E-state index contributed by atoms with van der Waals surface area (Å²) in [4.78, 5) is 24.9. The molecule has 2 rings (SSSR count). The maximum absolute atomic E-state index is 10.9. The molecule has 1 aromatic heterocycles. The van der Waals surface area contributed by atoms with Crippen LogP contribution in [0, 0.1) is 27.4 Å². The molecule has 0 aliphatic heterocycles. The molecule has 0 saturated heterocycles. The molecule has 2 N–H and O–H groups in total. The first-order valence-corrected chi connectivity index (χ1v) is 6.55. The molecule has 0 amide bonds. The number of nitrogens with one attached hydrogen (secondary N) is 1. The molecule has 8 nitrogen and oxygen atoms in total. The van der Waals surface area contributed by atoms with E-state index in [-0.39, 0.29) is 23.2 Å². The Morgan fingerprint density at radius 3 is 2.67 bits per heavy atom. The SMILES string of the molecule is N#Cc1cc([N+](=O)[O-])cnc1NC1CCC(C(=O)O)CC1. The van der Waals surface area contributed by atoms with E-state index in [0.29, 0.717) is 31.5 Å². The smallest absolute Gasteiger partial charge is 0.306 e. The molecule has 110 valence electrons. The Labute approximate surface area is 120 Å². The van der Waals surface area contributed by atoms with Gasteiger partial charge in [-0.15, -0.1) is 0 Å². The summed E-state index contributed by atoms with van der Waals surface area (Å²) in [6.45, 7) is 0. The standard InChI is InChI=1S/C13H14N4O4/c14-6-9-5-11(17(20)21)7-15-12(9)16-10-3-1-8(2-4-10)13(18)19/h5,7-8,10H,1-4H2,(H,15,16)(H,18,19). The molecule has 8 heteroatoms. The summed E-state index contributed by atoms with van der Waals surface area (Å²) in [5, 5.41) is 31.7. The number of hydrogen-bond donors (Lipinski definition) is 2. The molecule has 0 atom stereocenters. The number of rotatable bonds is 4. The van der Waals surface area contributed by atoms with Crippen molar-refractivity contribution < 1.29 is 14.8 Å². The molecule has 1 saturated carbocycles. The minimum atomic E-state index is -0.778. The molecule has 0 bridgehead atoms.